The van der Waals surface area contributed by atoms with Crippen LogP contribution in [0.3, 0.4) is 0 Å². The highest BCUT2D eigenvalue weighted by Crippen LogP contribution is 1.88. The first-order chi connectivity index (χ1) is 3.91. The van der Waals surface area contributed by atoms with E-state index in [1.54, 1.807) is 0 Å². The van der Waals surface area contributed by atoms with Gasteiger partial charge in [0.1, 0.15) is 0 Å². The molecule has 0 saturated heterocycles. The topological polar surface area (TPSA) is 26.0 Å². The van der Waals surface area contributed by atoms with Gasteiger partial charge in [0, 0.05) is 0 Å². The predicted molar refractivity (Wildman–Crippen MR) is 35.6 cm³/mol. The SMILES string of the molecule is CCCCCN.CF. The summed E-state index contributed by atoms with van der Waals surface area (Å²) >= 11 is 0. The lowest BCUT2D eigenvalue weighted by atomic mass is 10.3. The number of halogens is 1. The van der Waals surface area contributed by atoms with Gasteiger partial charge in [-0.15, -0.1) is 0 Å². The minimum absolute atomic E-state index is 0.500. The third-order valence-electron chi connectivity index (χ3n) is 0.808. The van der Waals surface area contributed by atoms with Crippen LogP contribution in [0.2, 0.25) is 0 Å². The van der Waals surface area contributed by atoms with Crippen LogP contribution < -0.4 is 5.73 Å². The molecule has 0 bridgehead atoms. The van der Waals surface area contributed by atoms with Gasteiger partial charge in [0.2, 0.25) is 0 Å². The second-order valence-corrected chi connectivity index (χ2v) is 1.50. The molecule has 0 radical (unpaired) electrons. The fourth-order valence-electron chi connectivity index (χ4n) is 0.394. The van der Waals surface area contributed by atoms with Gasteiger partial charge in [-0.1, -0.05) is 19.8 Å². The normalized spacial score (nSPS) is 7.50. The van der Waals surface area contributed by atoms with E-state index in [0.717, 1.165) is 6.54 Å². The van der Waals surface area contributed by atoms with Crippen molar-refractivity contribution in [3.8, 4) is 0 Å². The molecule has 0 aromatic heterocycles. The smallest absolute Gasteiger partial charge is 0.0785 e. The highest BCUT2D eigenvalue weighted by molar-refractivity contribution is 4.34. The zero-order chi connectivity index (χ0) is 6.83. The maximum absolute atomic E-state index is 9.50. The molecule has 2 heteroatoms. The van der Waals surface area contributed by atoms with Gasteiger partial charge in [0.25, 0.3) is 0 Å². The zero-order valence-electron chi connectivity index (χ0n) is 5.78. The van der Waals surface area contributed by atoms with Crippen LogP contribution in [0.4, 0.5) is 4.39 Å². The summed E-state index contributed by atoms with van der Waals surface area (Å²) in [4.78, 5) is 0. The summed E-state index contributed by atoms with van der Waals surface area (Å²) in [7, 11) is 0.500. The Morgan fingerprint density at radius 3 is 1.88 bits per heavy atom. The summed E-state index contributed by atoms with van der Waals surface area (Å²) in [5, 5.41) is 0. The van der Waals surface area contributed by atoms with E-state index in [1.807, 2.05) is 0 Å². The second-order valence-electron chi connectivity index (χ2n) is 1.50. The van der Waals surface area contributed by atoms with Crippen LogP contribution in [0.5, 0.6) is 0 Å². The van der Waals surface area contributed by atoms with Crippen molar-refractivity contribution in [3.05, 3.63) is 0 Å². The Bertz CT molecular complexity index is 20.5. The molecule has 0 aromatic carbocycles. The molecule has 0 fully saturated rings. The molecule has 0 aliphatic heterocycles. The minimum atomic E-state index is 0.500. The Labute approximate surface area is 51.1 Å². The molecular weight excluding hydrogens is 105 g/mol. The molecule has 0 aromatic rings. The van der Waals surface area contributed by atoms with Crippen LogP contribution in [-0.4, -0.2) is 13.7 Å². The van der Waals surface area contributed by atoms with Crippen molar-refractivity contribution >= 4 is 0 Å². The molecule has 8 heavy (non-hydrogen) atoms. The van der Waals surface area contributed by atoms with Crippen molar-refractivity contribution in [1.82, 2.24) is 0 Å². The average molecular weight is 121 g/mol. The maximum atomic E-state index is 9.50. The molecule has 0 unspecified atom stereocenters. The van der Waals surface area contributed by atoms with E-state index in [2.05, 4.69) is 6.92 Å². The van der Waals surface area contributed by atoms with Gasteiger partial charge >= 0.3 is 0 Å². The lowest BCUT2D eigenvalue weighted by Gasteiger charge is -1.86. The predicted octanol–water partition coefficient (Wildman–Crippen LogP) is 1.72. The van der Waals surface area contributed by atoms with Crippen molar-refractivity contribution in [1.29, 1.82) is 0 Å². The van der Waals surface area contributed by atoms with Crippen molar-refractivity contribution in [2.45, 2.75) is 26.2 Å². The van der Waals surface area contributed by atoms with Crippen LogP contribution in [0, 0.1) is 0 Å². The van der Waals surface area contributed by atoms with Crippen molar-refractivity contribution in [2.24, 2.45) is 5.73 Å². The fourth-order valence-corrected chi connectivity index (χ4v) is 0.394. The van der Waals surface area contributed by atoms with E-state index in [9.17, 15) is 4.39 Å². The van der Waals surface area contributed by atoms with Crippen LogP contribution in [0.25, 0.3) is 0 Å². The van der Waals surface area contributed by atoms with Gasteiger partial charge in [0.05, 0.1) is 7.18 Å². The molecule has 52 valence electrons. The first-order valence-corrected chi connectivity index (χ1v) is 2.99. The second kappa shape index (κ2) is 15.8. The molecule has 0 aliphatic carbocycles. The van der Waals surface area contributed by atoms with Crippen LogP contribution >= 0.6 is 0 Å². The molecule has 0 rings (SSSR count). The van der Waals surface area contributed by atoms with Crippen molar-refractivity contribution < 1.29 is 4.39 Å². The Morgan fingerprint density at radius 2 is 1.75 bits per heavy atom. The Hall–Kier alpha value is -0.110. The molecule has 2 N–H and O–H groups in total. The Balaban J connectivity index is 0. The number of hydrogen-bond donors (Lipinski definition) is 1. The molecule has 0 spiro atoms. The van der Waals surface area contributed by atoms with Gasteiger partial charge in [0.15, 0.2) is 0 Å². The minimum Gasteiger partial charge on any atom is -0.330 e. The standard InChI is InChI=1S/C5H13N.CH3F/c1-2-3-4-5-6;1-2/h2-6H2,1H3;1H3. The van der Waals surface area contributed by atoms with Crippen LogP contribution in [0.15, 0.2) is 0 Å². The van der Waals surface area contributed by atoms with E-state index in [1.165, 1.54) is 19.3 Å². The summed E-state index contributed by atoms with van der Waals surface area (Å²) in [5.74, 6) is 0. The van der Waals surface area contributed by atoms with E-state index < -0.39 is 0 Å². The largest absolute Gasteiger partial charge is 0.330 e. The quantitative estimate of drug-likeness (QED) is 0.565. The molecule has 0 heterocycles. The summed E-state index contributed by atoms with van der Waals surface area (Å²) in [6.45, 7) is 3.03. The lowest BCUT2D eigenvalue weighted by Crippen LogP contribution is -1.96. The molecular formula is C6H16FN. The number of rotatable bonds is 3. The highest BCUT2D eigenvalue weighted by Gasteiger charge is 1.75. The van der Waals surface area contributed by atoms with E-state index in [0.29, 0.717) is 7.18 Å². The molecule has 0 aliphatic rings. The number of alkyl halides is 1. The molecule has 0 amide bonds. The van der Waals surface area contributed by atoms with Crippen LogP contribution in [0.1, 0.15) is 26.2 Å². The number of unbranched alkanes of at least 4 members (excludes halogenated alkanes) is 2. The maximum Gasteiger partial charge on any atom is 0.0785 e. The Kier molecular flexibility index (Phi) is 21.3. The van der Waals surface area contributed by atoms with Gasteiger partial charge < -0.3 is 5.73 Å². The molecule has 1 nitrogen and oxygen atoms in total. The summed E-state index contributed by atoms with van der Waals surface area (Å²) in [5.41, 5.74) is 5.21. The summed E-state index contributed by atoms with van der Waals surface area (Å²) in [6.07, 6.45) is 3.75. The third-order valence-corrected chi connectivity index (χ3v) is 0.808. The van der Waals surface area contributed by atoms with Crippen LogP contribution in [-0.2, 0) is 0 Å². The third kappa shape index (κ3) is 16.9. The van der Waals surface area contributed by atoms with Gasteiger partial charge in [-0.3, -0.25) is 4.39 Å². The molecule has 0 saturated carbocycles. The van der Waals surface area contributed by atoms with E-state index >= 15 is 0 Å². The number of nitrogens with two attached hydrogens (primary N) is 1. The number of hydrogen-bond acceptors (Lipinski definition) is 1. The first-order valence-electron chi connectivity index (χ1n) is 2.99. The highest BCUT2D eigenvalue weighted by atomic mass is 19.1. The van der Waals surface area contributed by atoms with Crippen molar-refractivity contribution in [3.63, 3.8) is 0 Å². The van der Waals surface area contributed by atoms with E-state index in [4.69, 9.17) is 5.73 Å². The Morgan fingerprint density at radius 1 is 1.25 bits per heavy atom. The average Bonchev–Trinajstić information content (AvgIpc) is 1.88. The van der Waals surface area contributed by atoms with Gasteiger partial charge in [-0.25, -0.2) is 0 Å². The lowest BCUT2D eigenvalue weighted by molar-refractivity contribution is 0.636. The summed E-state index contributed by atoms with van der Waals surface area (Å²) < 4.78 is 9.50. The summed E-state index contributed by atoms with van der Waals surface area (Å²) in [6, 6.07) is 0. The molecule has 0 atom stereocenters. The monoisotopic (exact) mass is 121 g/mol. The fraction of sp³-hybridized carbons (Fsp3) is 1.00. The zero-order valence-corrected chi connectivity index (χ0v) is 5.78. The van der Waals surface area contributed by atoms with E-state index in [-0.39, 0.29) is 0 Å². The van der Waals surface area contributed by atoms with Gasteiger partial charge in [-0.05, 0) is 13.0 Å². The van der Waals surface area contributed by atoms with Crippen molar-refractivity contribution in [2.75, 3.05) is 13.7 Å². The first kappa shape index (κ1) is 10.8. The van der Waals surface area contributed by atoms with Gasteiger partial charge in [-0.2, -0.15) is 0 Å².